The molecule has 0 aliphatic rings. The van der Waals surface area contributed by atoms with Crippen LogP contribution in [0.15, 0.2) is 29.3 Å². The lowest BCUT2D eigenvalue weighted by Gasteiger charge is -2.12. The molecule has 0 aliphatic carbocycles. The second-order valence-electron chi connectivity index (χ2n) is 4.45. The van der Waals surface area contributed by atoms with Crippen molar-refractivity contribution in [1.29, 1.82) is 0 Å². The van der Waals surface area contributed by atoms with Crippen molar-refractivity contribution in [2.24, 2.45) is 0 Å². The van der Waals surface area contributed by atoms with Gasteiger partial charge >= 0.3 is 0 Å². The van der Waals surface area contributed by atoms with Crippen LogP contribution < -0.4 is 5.56 Å². The predicted octanol–water partition coefficient (Wildman–Crippen LogP) is 2.82. The van der Waals surface area contributed by atoms with E-state index in [1.807, 2.05) is 13.0 Å². The summed E-state index contributed by atoms with van der Waals surface area (Å²) in [6, 6.07) is 6.17. The Morgan fingerprint density at radius 2 is 1.83 bits per heavy atom. The molecule has 0 bridgehead atoms. The van der Waals surface area contributed by atoms with Crippen LogP contribution in [0.25, 0.3) is 0 Å². The molecule has 4 heteroatoms. The molecule has 1 aromatic heterocycles. The maximum Gasteiger partial charge on any atom is 0.267 e. The van der Waals surface area contributed by atoms with Gasteiger partial charge in [-0.3, -0.25) is 9.36 Å². The van der Waals surface area contributed by atoms with Gasteiger partial charge in [0.1, 0.15) is 0 Å². The summed E-state index contributed by atoms with van der Waals surface area (Å²) in [6.07, 6.45) is 1.63. The highest BCUT2D eigenvalue weighted by Gasteiger charge is 2.08. The Bertz CT molecular complexity index is 626. The summed E-state index contributed by atoms with van der Waals surface area (Å²) < 4.78 is 2.37. The smallest absolute Gasteiger partial charge is 0.267 e. The molecule has 0 atom stereocenters. The number of aromatic nitrogens is 2. The second kappa shape index (κ2) is 5.22. The third-order valence-corrected chi connectivity index (χ3v) is 4.37. The fourth-order valence-electron chi connectivity index (χ4n) is 1.93. The van der Waals surface area contributed by atoms with Crippen LogP contribution in [0.1, 0.15) is 22.4 Å². The number of hydrogen-bond acceptors (Lipinski definition) is 2. The molecule has 0 amide bonds. The van der Waals surface area contributed by atoms with Gasteiger partial charge in [0.05, 0.1) is 22.1 Å². The Hall–Kier alpha value is -1.17. The molecule has 2 aromatic rings. The molecule has 94 valence electrons. The Labute approximate surface area is 120 Å². The quantitative estimate of drug-likeness (QED) is 0.778. The predicted molar refractivity (Wildman–Crippen MR) is 81.0 cm³/mol. The molecular formula is C14H15IN2O. The fraction of sp³-hybridized carbons (Fsp3) is 0.286. The number of nitrogens with zero attached hydrogens (tertiary/aromatic N) is 2. The van der Waals surface area contributed by atoms with Crippen LogP contribution >= 0.6 is 22.6 Å². The van der Waals surface area contributed by atoms with Crippen molar-refractivity contribution in [3.63, 3.8) is 0 Å². The standard InChI is InChI=1S/C14H15IN2O/c1-9-5-4-6-10(2)12(9)7-17-8-16-11(3)13(15)14(17)18/h4-6,8H,7H2,1-3H3. The van der Waals surface area contributed by atoms with Gasteiger partial charge in [-0.1, -0.05) is 18.2 Å². The molecule has 0 radical (unpaired) electrons. The molecule has 0 spiro atoms. The van der Waals surface area contributed by atoms with Crippen molar-refractivity contribution in [1.82, 2.24) is 9.55 Å². The van der Waals surface area contributed by atoms with Crippen LogP contribution in [0.3, 0.4) is 0 Å². The molecule has 0 saturated heterocycles. The lowest BCUT2D eigenvalue weighted by atomic mass is 10.0. The number of halogens is 1. The van der Waals surface area contributed by atoms with E-state index in [1.165, 1.54) is 16.7 Å². The Kier molecular flexibility index (Phi) is 3.85. The minimum atomic E-state index is 0.0331. The summed E-state index contributed by atoms with van der Waals surface area (Å²) in [5.41, 5.74) is 4.43. The molecule has 18 heavy (non-hydrogen) atoms. The van der Waals surface area contributed by atoms with Crippen LogP contribution in [0.2, 0.25) is 0 Å². The first kappa shape index (κ1) is 13.3. The SMILES string of the molecule is Cc1cccc(C)c1Cn1cnc(C)c(I)c1=O. The molecule has 0 unspecified atom stereocenters. The van der Waals surface area contributed by atoms with Gasteiger partial charge in [-0.25, -0.2) is 4.98 Å². The first-order valence-corrected chi connectivity index (χ1v) is 6.85. The molecular weight excluding hydrogens is 339 g/mol. The minimum Gasteiger partial charge on any atom is -0.294 e. The van der Waals surface area contributed by atoms with Crippen molar-refractivity contribution in [2.75, 3.05) is 0 Å². The normalized spacial score (nSPS) is 10.7. The Balaban J connectivity index is 2.47. The van der Waals surface area contributed by atoms with E-state index in [9.17, 15) is 4.79 Å². The summed E-state index contributed by atoms with van der Waals surface area (Å²) in [4.78, 5) is 16.4. The summed E-state index contributed by atoms with van der Waals surface area (Å²) in [6.45, 7) is 6.58. The van der Waals surface area contributed by atoms with Crippen molar-refractivity contribution < 1.29 is 0 Å². The number of benzene rings is 1. The zero-order valence-corrected chi connectivity index (χ0v) is 12.9. The van der Waals surface area contributed by atoms with Gasteiger partial charge in [-0.15, -0.1) is 0 Å². The molecule has 2 rings (SSSR count). The lowest BCUT2D eigenvalue weighted by molar-refractivity contribution is 0.717. The van der Waals surface area contributed by atoms with E-state index in [1.54, 1.807) is 10.9 Å². The molecule has 0 saturated carbocycles. The monoisotopic (exact) mass is 354 g/mol. The van der Waals surface area contributed by atoms with E-state index >= 15 is 0 Å². The Morgan fingerprint density at radius 1 is 1.22 bits per heavy atom. The zero-order chi connectivity index (χ0) is 13.3. The van der Waals surface area contributed by atoms with E-state index in [4.69, 9.17) is 0 Å². The van der Waals surface area contributed by atoms with Gasteiger partial charge in [0.2, 0.25) is 0 Å². The maximum atomic E-state index is 12.1. The molecule has 3 nitrogen and oxygen atoms in total. The first-order chi connectivity index (χ1) is 8.50. The lowest BCUT2D eigenvalue weighted by Crippen LogP contribution is -2.25. The molecule has 0 N–H and O–H groups in total. The van der Waals surface area contributed by atoms with Crippen LogP contribution in [0.4, 0.5) is 0 Å². The third kappa shape index (κ3) is 2.48. The van der Waals surface area contributed by atoms with Crippen LogP contribution in [0.5, 0.6) is 0 Å². The van der Waals surface area contributed by atoms with Crippen LogP contribution in [-0.4, -0.2) is 9.55 Å². The van der Waals surface area contributed by atoms with E-state index in [0.717, 1.165) is 5.69 Å². The zero-order valence-electron chi connectivity index (χ0n) is 10.7. The first-order valence-electron chi connectivity index (χ1n) is 5.77. The van der Waals surface area contributed by atoms with Gasteiger partial charge < -0.3 is 0 Å². The minimum absolute atomic E-state index is 0.0331. The highest BCUT2D eigenvalue weighted by atomic mass is 127. The maximum absolute atomic E-state index is 12.1. The van der Waals surface area contributed by atoms with Crippen molar-refractivity contribution in [2.45, 2.75) is 27.3 Å². The van der Waals surface area contributed by atoms with Crippen molar-refractivity contribution in [3.8, 4) is 0 Å². The van der Waals surface area contributed by atoms with E-state index in [0.29, 0.717) is 10.1 Å². The largest absolute Gasteiger partial charge is 0.294 e. The highest BCUT2D eigenvalue weighted by molar-refractivity contribution is 14.1. The number of rotatable bonds is 2. The van der Waals surface area contributed by atoms with Crippen molar-refractivity contribution in [3.05, 3.63) is 60.8 Å². The van der Waals surface area contributed by atoms with Crippen LogP contribution in [0, 0.1) is 24.3 Å². The second-order valence-corrected chi connectivity index (χ2v) is 5.53. The van der Waals surface area contributed by atoms with Gasteiger partial charge in [0, 0.05) is 0 Å². The van der Waals surface area contributed by atoms with Gasteiger partial charge in [-0.05, 0) is 60.1 Å². The highest BCUT2D eigenvalue weighted by Crippen LogP contribution is 2.14. The average Bonchev–Trinajstić information content (AvgIpc) is 2.34. The van der Waals surface area contributed by atoms with E-state index in [-0.39, 0.29) is 5.56 Å². The number of aryl methyl sites for hydroxylation is 3. The van der Waals surface area contributed by atoms with Crippen LogP contribution in [-0.2, 0) is 6.54 Å². The van der Waals surface area contributed by atoms with Gasteiger partial charge in [0.25, 0.3) is 5.56 Å². The third-order valence-electron chi connectivity index (χ3n) is 3.13. The Morgan fingerprint density at radius 3 is 2.44 bits per heavy atom. The topological polar surface area (TPSA) is 34.9 Å². The molecule has 0 fully saturated rings. The van der Waals surface area contributed by atoms with E-state index in [2.05, 4.69) is 53.6 Å². The van der Waals surface area contributed by atoms with Gasteiger partial charge in [-0.2, -0.15) is 0 Å². The summed E-state index contributed by atoms with van der Waals surface area (Å²) in [7, 11) is 0. The fourth-order valence-corrected chi connectivity index (χ4v) is 2.38. The van der Waals surface area contributed by atoms with Crippen molar-refractivity contribution >= 4 is 22.6 Å². The number of hydrogen-bond donors (Lipinski definition) is 0. The average molecular weight is 354 g/mol. The summed E-state index contributed by atoms with van der Waals surface area (Å²) in [5.74, 6) is 0. The molecule has 1 heterocycles. The summed E-state index contributed by atoms with van der Waals surface area (Å²) in [5, 5.41) is 0. The van der Waals surface area contributed by atoms with E-state index < -0.39 is 0 Å². The summed E-state index contributed by atoms with van der Waals surface area (Å²) >= 11 is 2.06. The molecule has 1 aromatic carbocycles. The van der Waals surface area contributed by atoms with Gasteiger partial charge in [0.15, 0.2) is 0 Å². The molecule has 0 aliphatic heterocycles.